The molecule has 2 aromatic heterocycles. The SMILES string of the molecule is Cc1oc(Cn2cc(Br)cc(Br)c2=O)cc1C(=O)O. The van der Waals surface area contributed by atoms with Crippen LogP contribution in [0.25, 0.3) is 0 Å². The molecule has 0 saturated carbocycles. The number of carboxylic acids is 1. The maximum absolute atomic E-state index is 11.9. The highest BCUT2D eigenvalue weighted by atomic mass is 79.9. The lowest BCUT2D eigenvalue weighted by molar-refractivity contribution is 0.0695. The largest absolute Gasteiger partial charge is 0.478 e. The molecule has 0 saturated heterocycles. The number of rotatable bonds is 3. The highest BCUT2D eigenvalue weighted by Gasteiger charge is 2.14. The van der Waals surface area contributed by atoms with Crippen molar-refractivity contribution < 1.29 is 14.3 Å². The first-order valence-corrected chi connectivity index (χ1v) is 6.85. The van der Waals surface area contributed by atoms with Gasteiger partial charge in [0.15, 0.2) is 0 Å². The molecule has 0 amide bonds. The van der Waals surface area contributed by atoms with Crippen LogP contribution in [0.15, 0.2) is 36.5 Å². The number of halogens is 2. The van der Waals surface area contributed by atoms with Gasteiger partial charge < -0.3 is 14.1 Å². The normalized spacial score (nSPS) is 10.7. The van der Waals surface area contributed by atoms with E-state index in [1.54, 1.807) is 19.2 Å². The Morgan fingerprint density at radius 1 is 1.42 bits per heavy atom. The van der Waals surface area contributed by atoms with Crippen LogP contribution in [-0.4, -0.2) is 15.6 Å². The van der Waals surface area contributed by atoms with E-state index in [-0.39, 0.29) is 17.7 Å². The van der Waals surface area contributed by atoms with E-state index in [0.29, 0.717) is 16.0 Å². The van der Waals surface area contributed by atoms with Gasteiger partial charge in [0.1, 0.15) is 17.1 Å². The van der Waals surface area contributed by atoms with Gasteiger partial charge in [0, 0.05) is 10.7 Å². The number of hydrogen-bond donors (Lipinski definition) is 1. The lowest BCUT2D eigenvalue weighted by Crippen LogP contribution is -2.20. The second kappa shape index (κ2) is 5.34. The molecule has 19 heavy (non-hydrogen) atoms. The van der Waals surface area contributed by atoms with Crippen molar-refractivity contribution in [3.63, 3.8) is 0 Å². The van der Waals surface area contributed by atoms with Gasteiger partial charge in [-0.15, -0.1) is 0 Å². The Balaban J connectivity index is 2.39. The minimum atomic E-state index is -1.05. The zero-order valence-electron chi connectivity index (χ0n) is 9.81. The third kappa shape index (κ3) is 2.98. The summed E-state index contributed by atoms with van der Waals surface area (Å²) in [6.07, 6.45) is 1.62. The standard InChI is InChI=1S/C12H9Br2NO4/c1-6-9(12(17)18)3-8(19-6)5-15-4-7(13)2-10(14)11(15)16/h2-4H,5H2,1H3,(H,17,18). The Morgan fingerprint density at radius 3 is 2.68 bits per heavy atom. The van der Waals surface area contributed by atoms with Gasteiger partial charge in [0.25, 0.3) is 5.56 Å². The molecule has 0 aliphatic carbocycles. The lowest BCUT2D eigenvalue weighted by Gasteiger charge is -2.04. The van der Waals surface area contributed by atoms with E-state index >= 15 is 0 Å². The van der Waals surface area contributed by atoms with Gasteiger partial charge in [-0.1, -0.05) is 0 Å². The number of hydrogen-bond acceptors (Lipinski definition) is 3. The van der Waals surface area contributed by atoms with E-state index in [9.17, 15) is 9.59 Å². The molecule has 2 heterocycles. The van der Waals surface area contributed by atoms with E-state index in [2.05, 4.69) is 31.9 Å². The molecule has 5 nitrogen and oxygen atoms in total. The zero-order valence-corrected chi connectivity index (χ0v) is 13.0. The van der Waals surface area contributed by atoms with Crippen molar-refractivity contribution in [2.75, 3.05) is 0 Å². The second-order valence-corrected chi connectivity index (χ2v) is 5.70. The molecule has 100 valence electrons. The molecule has 1 N–H and O–H groups in total. The van der Waals surface area contributed by atoms with Gasteiger partial charge in [-0.2, -0.15) is 0 Å². The molecule has 0 fully saturated rings. The van der Waals surface area contributed by atoms with Gasteiger partial charge >= 0.3 is 5.97 Å². The van der Waals surface area contributed by atoms with Gasteiger partial charge in [-0.25, -0.2) is 4.79 Å². The number of carboxylic acid groups (broad SMARTS) is 1. The lowest BCUT2D eigenvalue weighted by atomic mass is 10.2. The molecule has 0 spiro atoms. The zero-order chi connectivity index (χ0) is 14.2. The first kappa shape index (κ1) is 14.1. The van der Waals surface area contributed by atoms with Crippen molar-refractivity contribution in [1.29, 1.82) is 0 Å². The summed E-state index contributed by atoms with van der Waals surface area (Å²) in [4.78, 5) is 22.8. The number of nitrogens with zero attached hydrogens (tertiary/aromatic N) is 1. The Hall–Kier alpha value is -1.34. The third-order valence-electron chi connectivity index (χ3n) is 2.53. The molecule has 0 atom stereocenters. The van der Waals surface area contributed by atoms with Gasteiger partial charge in [-0.3, -0.25) is 4.79 Å². The molecule has 0 radical (unpaired) electrons. The third-order valence-corrected chi connectivity index (χ3v) is 3.54. The second-order valence-electron chi connectivity index (χ2n) is 3.93. The summed E-state index contributed by atoms with van der Waals surface area (Å²) < 4.78 is 7.93. The number of pyridine rings is 1. The number of carbonyl (C=O) groups is 1. The number of aromatic carboxylic acids is 1. The topological polar surface area (TPSA) is 72.4 Å². The fourth-order valence-electron chi connectivity index (χ4n) is 1.68. The molecule has 0 aromatic carbocycles. The number of aryl methyl sites for hydroxylation is 1. The van der Waals surface area contributed by atoms with Crippen LogP contribution in [0.3, 0.4) is 0 Å². The van der Waals surface area contributed by atoms with Crippen LogP contribution in [0.1, 0.15) is 21.9 Å². The molecule has 7 heteroatoms. The van der Waals surface area contributed by atoms with Crippen LogP contribution in [0.5, 0.6) is 0 Å². The first-order chi connectivity index (χ1) is 8.88. The van der Waals surface area contributed by atoms with Crippen molar-refractivity contribution >= 4 is 37.8 Å². The fourth-order valence-corrected chi connectivity index (χ4v) is 2.94. The van der Waals surface area contributed by atoms with Gasteiger partial charge in [0.2, 0.25) is 0 Å². The number of aromatic nitrogens is 1. The molecule has 2 aromatic rings. The van der Waals surface area contributed by atoms with E-state index in [1.165, 1.54) is 10.6 Å². The van der Waals surface area contributed by atoms with E-state index < -0.39 is 5.97 Å². The molecular formula is C12H9Br2NO4. The number of furan rings is 1. The predicted molar refractivity (Wildman–Crippen MR) is 75.6 cm³/mol. The predicted octanol–water partition coefficient (Wildman–Crippen LogP) is 3.02. The first-order valence-electron chi connectivity index (χ1n) is 5.26. The summed E-state index contributed by atoms with van der Waals surface area (Å²) in [6, 6.07) is 3.08. The summed E-state index contributed by atoms with van der Waals surface area (Å²) in [5, 5.41) is 8.94. The quantitative estimate of drug-likeness (QED) is 0.874. The van der Waals surface area contributed by atoms with Gasteiger partial charge in [0.05, 0.1) is 11.0 Å². The Kier molecular flexibility index (Phi) is 3.96. The molecular weight excluding hydrogens is 382 g/mol. The minimum absolute atomic E-state index is 0.108. The van der Waals surface area contributed by atoms with Crippen LogP contribution in [-0.2, 0) is 6.54 Å². The maximum atomic E-state index is 11.9. The molecule has 0 unspecified atom stereocenters. The maximum Gasteiger partial charge on any atom is 0.339 e. The summed E-state index contributed by atoms with van der Waals surface area (Å²) >= 11 is 6.45. The minimum Gasteiger partial charge on any atom is -0.478 e. The highest BCUT2D eigenvalue weighted by molar-refractivity contribution is 9.11. The molecule has 0 aliphatic rings. The molecule has 0 aliphatic heterocycles. The van der Waals surface area contributed by atoms with E-state index in [0.717, 1.165) is 4.47 Å². The summed E-state index contributed by atoms with van der Waals surface area (Å²) in [5.74, 6) is -0.304. The van der Waals surface area contributed by atoms with E-state index in [1.807, 2.05) is 0 Å². The van der Waals surface area contributed by atoms with Crippen molar-refractivity contribution in [3.05, 3.63) is 54.7 Å². The fraction of sp³-hybridized carbons (Fsp3) is 0.167. The van der Waals surface area contributed by atoms with Crippen molar-refractivity contribution in [2.24, 2.45) is 0 Å². The summed E-state index contributed by atoms with van der Waals surface area (Å²) in [5.41, 5.74) is -0.105. The van der Waals surface area contributed by atoms with Crippen LogP contribution in [0.4, 0.5) is 0 Å². The van der Waals surface area contributed by atoms with Crippen molar-refractivity contribution in [3.8, 4) is 0 Å². The van der Waals surface area contributed by atoms with E-state index in [4.69, 9.17) is 9.52 Å². The van der Waals surface area contributed by atoms with Crippen molar-refractivity contribution in [2.45, 2.75) is 13.5 Å². The smallest absolute Gasteiger partial charge is 0.339 e. The van der Waals surface area contributed by atoms with Crippen molar-refractivity contribution in [1.82, 2.24) is 4.57 Å². The van der Waals surface area contributed by atoms with Gasteiger partial charge in [-0.05, 0) is 50.9 Å². The Morgan fingerprint density at radius 2 is 2.11 bits per heavy atom. The Labute approximate surface area is 125 Å². The van der Waals surface area contributed by atoms with Crippen LogP contribution in [0, 0.1) is 6.92 Å². The summed E-state index contributed by atoms with van der Waals surface area (Å²) in [7, 11) is 0. The average Bonchev–Trinajstić information content (AvgIpc) is 2.66. The average molecular weight is 391 g/mol. The van der Waals surface area contributed by atoms with Crippen LogP contribution in [0.2, 0.25) is 0 Å². The summed E-state index contributed by atoms with van der Waals surface area (Å²) in [6.45, 7) is 1.75. The Bertz CT molecular complexity index is 702. The van der Waals surface area contributed by atoms with Crippen LogP contribution >= 0.6 is 31.9 Å². The molecule has 2 rings (SSSR count). The highest BCUT2D eigenvalue weighted by Crippen LogP contribution is 2.17. The van der Waals surface area contributed by atoms with Crippen LogP contribution < -0.4 is 5.56 Å². The monoisotopic (exact) mass is 389 g/mol. The molecule has 0 bridgehead atoms.